The Bertz CT molecular complexity index is 1200. The molecule has 0 aliphatic heterocycles. The molecule has 180 valence electrons. The number of anilines is 2. The van der Waals surface area contributed by atoms with Gasteiger partial charge in [-0.3, -0.25) is 14.4 Å². The van der Waals surface area contributed by atoms with Crippen LogP contribution in [0.3, 0.4) is 0 Å². The number of halogens is 1. The summed E-state index contributed by atoms with van der Waals surface area (Å²) in [7, 11) is 7.45. The Balaban J connectivity index is 1.63. The van der Waals surface area contributed by atoms with Gasteiger partial charge in [0, 0.05) is 37.5 Å². The number of hydrogen-bond donors (Lipinski definition) is 3. The monoisotopic (exact) mass is 528 g/mol. The Hall–Kier alpha value is -3.37. The molecule has 3 rings (SSSR count). The highest BCUT2D eigenvalue weighted by atomic mass is 79.9. The summed E-state index contributed by atoms with van der Waals surface area (Å²) in [6.07, 6.45) is 4.20. The van der Waals surface area contributed by atoms with Crippen LogP contribution < -0.4 is 16.0 Å². The number of amides is 3. The first-order chi connectivity index (χ1) is 16.2. The summed E-state index contributed by atoms with van der Waals surface area (Å²) in [4.78, 5) is 39.9. The van der Waals surface area contributed by atoms with Gasteiger partial charge in [-0.25, -0.2) is 0 Å². The van der Waals surface area contributed by atoms with E-state index in [2.05, 4.69) is 36.8 Å². The predicted octanol–water partition coefficient (Wildman–Crippen LogP) is 3.31. The highest BCUT2D eigenvalue weighted by Gasteiger charge is 2.17. The van der Waals surface area contributed by atoms with E-state index in [9.17, 15) is 14.4 Å². The first-order valence-corrected chi connectivity index (χ1v) is 11.6. The van der Waals surface area contributed by atoms with Crippen LogP contribution in [0.1, 0.15) is 37.8 Å². The predicted molar refractivity (Wildman–Crippen MR) is 136 cm³/mol. The number of nitrogens with one attached hydrogen (secondary N) is 3. The molecule has 0 fully saturated rings. The van der Waals surface area contributed by atoms with Crippen molar-refractivity contribution in [1.29, 1.82) is 0 Å². The third-order valence-electron chi connectivity index (χ3n) is 5.18. The largest absolute Gasteiger partial charge is 0.351 e. The Morgan fingerprint density at radius 3 is 2.03 bits per heavy atom. The molecule has 0 atom stereocenters. The second-order valence-corrected chi connectivity index (χ2v) is 9.11. The summed E-state index contributed by atoms with van der Waals surface area (Å²) in [6.45, 7) is 1.46. The molecule has 3 amide bonds. The van der Waals surface area contributed by atoms with Crippen molar-refractivity contribution in [2.75, 3.05) is 37.8 Å². The fourth-order valence-corrected chi connectivity index (χ4v) is 3.91. The number of carbonyl (C=O) groups excluding carboxylic acids is 3. The normalized spacial score (nSPS) is 10.9. The van der Waals surface area contributed by atoms with Crippen LogP contribution in [0.2, 0.25) is 0 Å². The fourth-order valence-electron chi connectivity index (χ4n) is 3.44. The maximum Gasteiger partial charge on any atom is 0.272 e. The summed E-state index contributed by atoms with van der Waals surface area (Å²) < 4.78 is 3.99. The van der Waals surface area contributed by atoms with Gasteiger partial charge in [-0.1, -0.05) is 12.1 Å². The van der Waals surface area contributed by atoms with Crippen LogP contribution in [-0.2, 0) is 14.1 Å². The van der Waals surface area contributed by atoms with E-state index >= 15 is 0 Å². The standard InChI is InChI=1S/C24H29BrN6O3/c1-29(2)11-7-10-26-23(33)20-12-17(15-30(20)3)28-24(34)21-13-16(14-31(21)4)27-22(32)18-8-5-6-9-19(18)25/h5-6,8-9,12-15H,7,10-11H2,1-4H3,(H,26,33)(H,27,32)(H,28,34). The van der Waals surface area contributed by atoms with E-state index in [1.165, 1.54) is 0 Å². The highest BCUT2D eigenvalue weighted by molar-refractivity contribution is 9.10. The van der Waals surface area contributed by atoms with Crippen molar-refractivity contribution in [3.8, 4) is 0 Å². The van der Waals surface area contributed by atoms with E-state index < -0.39 is 0 Å². The van der Waals surface area contributed by atoms with Crippen LogP contribution in [0, 0.1) is 0 Å². The molecule has 34 heavy (non-hydrogen) atoms. The van der Waals surface area contributed by atoms with Crippen LogP contribution >= 0.6 is 15.9 Å². The smallest absolute Gasteiger partial charge is 0.272 e. The number of aromatic nitrogens is 2. The quantitative estimate of drug-likeness (QED) is 0.371. The number of carbonyl (C=O) groups is 3. The van der Waals surface area contributed by atoms with Gasteiger partial charge in [0.1, 0.15) is 11.4 Å². The average molecular weight is 529 g/mol. The molecule has 0 saturated heterocycles. The van der Waals surface area contributed by atoms with Crippen LogP contribution in [0.15, 0.2) is 53.3 Å². The molecular weight excluding hydrogens is 500 g/mol. The van der Waals surface area contributed by atoms with E-state index in [0.29, 0.717) is 39.3 Å². The molecule has 10 heteroatoms. The van der Waals surface area contributed by atoms with Crippen LogP contribution in [0.4, 0.5) is 11.4 Å². The third-order valence-corrected chi connectivity index (χ3v) is 5.87. The Kier molecular flexibility index (Phi) is 8.30. The van der Waals surface area contributed by atoms with Crippen molar-refractivity contribution in [1.82, 2.24) is 19.4 Å². The number of hydrogen-bond acceptors (Lipinski definition) is 4. The lowest BCUT2D eigenvalue weighted by Crippen LogP contribution is -2.28. The minimum atomic E-state index is -0.354. The van der Waals surface area contributed by atoms with Crippen molar-refractivity contribution in [2.45, 2.75) is 6.42 Å². The van der Waals surface area contributed by atoms with Gasteiger partial charge in [0.2, 0.25) is 0 Å². The second kappa shape index (κ2) is 11.2. The van der Waals surface area contributed by atoms with Crippen molar-refractivity contribution >= 4 is 45.0 Å². The van der Waals surface area contributed by atoms with Crippen molar-refractivity contribution in [3.05, 3.63) is 70.2 Å². The number of aryl methyl sites for hydroxylation is 2. The molecule has 1 aromatic carbocycles. The average Bonchev–Trinajstić information content (AvgIpc) is 3.32. The first-order valence-electron chi connectivity index (χ1n) is 10.8. The van der Waals surface area contributed by atoms with Crippen molar-refractivity contribution < 1.29 is 14.4 Å². The molecule has 0 unspecified atom stereocenters. The van der Waals surface area contributed by atoms with Gasteiger partial charge in [0.15, 0.2) is 0 Å². The molecular formula is C24H29BrN6O3. The lowest BCUT2D eigenvalue weighted by molar-refractivity contribution is 0.0942. The lowest BCUT2D eigenvalue weighted by Gasteiger charge is -2.10. The summed E-state index contributed by atoms with van der Waals surface area (Å²) in [5.41, 5.74) is 2.31. The van der Waals surface area contributed by atoms with Gasteiger partial charge in [-0.2, -0.15) is 0 Å². The molecule has 9 nitrogen and oxygen atoms in total. The Morgan fingerprint density at radius 1 is 0.882 bits per heavy atom. The SMILES string of the molecule is CN(C)CCCNC(=O)c1cc(NC(=O)c2cc(NC(=O)c3ccccc3Br)cn2C)cn1C. The molecule has 0 saturated carbocycles. The zero-order valence-corrected chi connectivity index (χ0v) is 21.3. The maximum absolute atomic E-state index is 12.9. The molecule has 2 heterocycles. The highest BCUT2D eigenvalue weighted by Crippen LogP contribution is 2.20. The van der Waals surface area contributed by atoms with Crippen LogP contribution in [-0.4, -0.2) is 58.9 Å². The molecule has 0 aliphatic rings. The van der Waals surface area contributed by atoms with Crippen LogP contribution in [0.25, 0.3) is 0 Å². The molecule has 0 bridgehead atoms. The van der Waals surface area contributed by atoms with Crippen LogP contribution in [0.5, 0.6) is 0 Å². The maximum atomic E-state index is 12.9. The molecule has 0 radical (unpaired) electrons. The molecule has 3 N–H and O–H groups in total. The van der Waals surface area contributed by atoms with Crippen molar-refractivity contribution in [2.24, 2.45) is 14.1 Å². The minimum absolute atomic E-state index is 0.197. The van der Waals surface area contributed by atoms with E-state index in [4.69, 9.17) is 0 Å². The number of benzene rings is 1. The van der Waals surface area contributed by atoms with E-state index in [1.54, 1.807) is 66.0 Å². The molecule has 0 aliphatic carbocycles. The van der Waals surface area contributed by atoms with Gasteiger partial charge in [-0.15, -0.1) is 0 Å². The molecule has 2 aromatic heterocycles. The summed E-state index contributed by atoms with van der Waals surface area (Å²) >= 11 is 3.37. The summed E-state index contributed by atoms with van der Waals surface area (Å²) in [6, 6.07) is 10.3. The van der Waals surface area contributed by atoms with E-state index in [-0.39, 0.29) is 17.7 Å². The van der Waals surface area contributed by atoms with Gasteiger partial charge >= 0.3 is 0 Å². The first kappa shape index (κ1) is 25.3. The minimum Gasteiger partial charge on any atom is -0.351 e. The van der Waals surface area contributed by atoms with E-state index in [1.807, 2.05) is 20.2 Å². The van der Waals surface area contributed by atoms with Crippen molar-refractivity contribution in [3.63, 3.8) is 0 Å². The number of rotatable bonds is 9. The Morgan fingerprint density at radius 2 is 1.44 bits per heavy atom. The third kappa shape index (κ3) is 6.36. The second-order valence-electron chi connectivity index (χ2n) is 8.25. The van der Waals surface area contributed by atoms with Gasteiger partial charge in [0.05, 0.1) is 16.9 Å². The summed E-state index contributed by atoms with van der Waals surface area (Å²) in [5, 5.41) is 8.52. The zero-order chi connectivity index (χ0) is 24.8. The van der Waals surface area contributed by atoms with Gasteiger partial charge < -0.3 is 30.0 Å². The fraction of sp³-hybridized carbons (Fsp3) is 0.292. The Labute approximate surface area is 207 Å². The zero-order valence-electron chi connectivity index (χ0n) is 19.7. The number of nitrogens with zero attached hydrogens (tertiary/aromatic N) is 3. The molecule has 3 aromatic rings. The molecule has 0 spiro atoms. The lowest BCUT2D eigenvalue weighted by atomic mass is 10.2. The van der Waals surface area contributed by atoms with Gasteiger partial charge in [0.25, 0.3) is 17.7 Å². The van der Waals surface area contributed by atoms with Gasteiger partial charge in [-0.05, 0) is 67.3 Å². The van der Waals surface area contributed by atoms with E-state index in [0.717, 1.165) is 13.0 Å². The summed E-state index contributed by atoms with van der Waals surface area (Å²) in [5.74, 6) is -0.834. The topological polar surface area (TPSA) is 100 Å².